The van der Waals surface area contributed by atoms with Crippen LogP contribution in [0.1, 0.15) is 26.7 Å². The number of nitrogens with zero attached hydrogens (tertiary/aromatic N) is 3. The van der Waals surface area contributed by atoms with Crippen LogP contribution in [0.3, 0.4) is 0 Å². The second kappa shape index (κ2) is 5.75. The Morgan fingerprint density at radius 1 is 1.15 bits per heavy atom. The van der Waals surface area contributed by atoms with E-state index >= 15 is 0 Å². The molecule has 0 amide bonds. The summed E-state index contributed by atoms with van der Waals surface area (Å²) in [5.74, 6) is 1.01. The van der Waals surface area contributed by atoms with Crippen molar-refractivity contribution < 1.29 is 0 Å². The van der Waals surface area contributed by atoms with Gasteiger partial charge in [0.25, 0.3) is 0 Å². The van der Waals surface area contributed by atoms with Gasteiger partial charge in [0.15, 0.2) is 0 Å². The number of nitrogens with one attached hydrogen (secondary N) is 1. The Morgan fingerprint density at radius 3 is 2.55 bits per heavy atom. The van der Waals surface area contributed by atoms with E-state index in [0.29, 0.717) is 12.1 Å². The molecule has 0 radical (unpaired) electrons. The molecule has 106 valence electrons. The van der Waals surface area contributed by atoms with Crippen LogP contribution in [-0.4, -0.2) is 35.1 Å². The molecule has 1 aromatic carbocycles. The fourth-order valence-electron chi connectivity index (χ4n) is 2.85. The number of anilines is 1. The summed E-state index contributed by atoms with van der Waals surface area (Å²) in [6.45, 7) is 6.52. The predicted molar refractivity (Wildman–Crippen MR) is 83.0 cm³/mol. The van der Waals surface area contributed by atoms with Crippen molar-refractivity contribution in [1.82, 2.24) is 15.3 Å². The molecule has 0 aliphatic carbocycles. The van der Waals surface area contributed by atoms with Crippen LogP contribution in [-0.2, 0) is 0 Å². The summed E-state index contributed by atoms with van der Waals surface area (Å²) in [6, 6.07) is 9.25. The first kappa shape index (κ1) is 13.3. The smallest absolute Gasteiger partial charge is 0.147 e. The fraction of sp³-hybridized carbons (Fsp3) is 0.500. The summed E-state index contributed by atoms with van der Waals surface area (Å²) in [5, 5.41) is 3.62. The Balaban J connectivity index is 1.70. The van der Waals surface area contributed by atoms with Gasteiger partial charge in [-0.2, -0.15) is 0 Å². The van der Waals surface area contributed by atoms with Crippen LogP contribution in [0.2, 0.25) is 0 Å². The third kappa shape index (κ3) is 2.90. The molecule has 1 aromatic heterocycles. The summed E-state index contributed by atoms with van der Waals surface area (Å²) in [6.07, 6.45) is 4.25. The average molecular weight is 270 g/mol. The Labute approximate surface area is 120 Å². The van der Waals surface area contributed by atoms with Crippen LogP contribution in [0.15, 0.2) is 30.5 Å². The van der Waals surface area contributed by atoms with Crippen molar-refractivity contribution in [3.05, 3.63) is 30.5 Å². The number of hydrogen-bond acceptors (Lipinski definition) is 4. The SMILES string of the molecule is CC(C)NC1CCN(c2cnc3ccccc3n2)CC1. The van der Waals surface area contributed by atoms with Crippen molar-refractivity contribution >= 4 is 16.9 Å². The van der Waals surface area contributed by atoms with Crippen molar-refractivity contribution in [2.75, 3.05) is 18.0 Å². The monoisotopic (exact) mass is 270 g/mol. The molecule has 0 spiro atoms. The van der Waals surface area contributed by atoms with Gasteiger partial charge in [0.05, 0.1) is 17.2 Å². The van der Waals surface area contributed by atoms with Crippen molar-refractivity contribution in [1.29, 1.82) is 0 Å². The molecule has 0 unspecified atom stereocenters. The minimum Gasteiger partial charge on any atom is -0.355 e. The molecule has 4 nitrogen and oxygen atoms in total. The first-order valence-electron chi connectivity index (χ1n) is 7.45. The van der Waals surface area contributed by atoms with E-state index < -0.39 is 0 Å². The Hall–Kier alpha value is -1.68. The number of benzene rings is 1. The van der Waals surface area contributed by atoms with Gasteiger partial charge in [0.2, 0.25) is 0 Å². The van der Waals surface area contributed by atoms with E-state index in [4.69, 9.17) is 4.98 Å². The molecule has 3 rings (SSSR count). The van der Waals surface area contributed by atoms with Gasteiger partial charge in [-0.25, -0.2) is 4.98 Å². The molecular formula is C16H22N4. The summed E-state index contributed by atoms with van der Waals surface area (Å²) < 4.78 is 0. The van der Waals surface area contributed by atoms with E-state index in [0.717, 1.165) is 29.9 Å². The van der Waals surface area contributed by atoms with Crippen LogP contribution < -0.4 is 10.2 Å². The third-order valence-electron chi connectivity index (χ3n) is 3.82. The van der Waals surface area contributed by atoms with Gasteiger partial charge in [0, 0.05) is 25.2 Å². The maximum absolute atomic E-state index is 4.73. The maximum Gasteiger partial charge on any atom is 0.147 e. The molecule has 0 saturated carbocycles. The minimum absolute atomic E-state index is 0.562. The largest absolute Gasteiger partial charge is 0.355 e. The Kier molecular flexibility index (Phi) is 3.83. The molecule has 2 heterocycles. The van der Waals surface area contributed by atoms with Crippen molar-refractivity contribution in [2.24, 2.45) is 0 Å². The molecule has 2 aromatic rings. The molecule has 1 fully saturated rings. The van der Waals surface area contributed by atoms with Crippen LogP contribution >= 0.6 is 0 Å². The molecule has 0 atom stereocenters. The van der Waals surface area contributed by atoms with Gasteiger partial charge in [-0.3, -0.25) is 4.98 Å². The second-order valence-electron chi connectivity index (χ2n) is 5.80. The van der Waals surface area contributed by atoms with Gasteiger partial charge in [0.1, 0.15) is 5.82 Å². The second-order valence-corrected chi connectivity index (χ2v) is 5.80. The van der Waals surface area contributed by atoms with Gasteiger partial charge < -0.3 is 10.2 Å². The third-order valence-corrected chi connectivity index (χ3v) is 3.82. The zero-order valence-corrected chi connectivity index (χ0v) is 12.2. The highest BCUT2D eigenvalue weighted by molar-refractivity contribution is 5.75. The molecular weight excluding hydrogens is 248 g/mol. The number of aromatic nitrogens is 2. The van der Waals surface area contributed by atoms with Crippen LogP contribution in [0.4, 0.5) is 5.82 Å². The standard InChI is InChI=1S/C16H22N4/c1-12(2)18-13-7-9-20(10-8-13)16-11-17-14-5-3-4-6-15(14)19-16/h3-6,11-13,18H,7-10H2,1-2H3. The highest BCUT2D eigenvalue weighted by atomic mass is 15.2. The molecule has 1 aliphatic heterocycles. The quantitative estimate of drug-likeness (QED) is 0.931. The highest BCUT2D eigenvalue weighted by Crippen LogP contribution is 2.20. The fourth-order valence-corrected chi connectivity index (χ4v) is 2.85. The zero-order chi connectivity index (χ0) is 13.9. The number of fused-ring (bicyclic) bond motifs is 1. The molecule has 4 heteroatoms. The summed E-state index contributed by atoms with van der Waals surface area (Å²) in [7, 11) is 0. The van der Waals surface area contributed by atoms with Crippen molar-refractivity contribution in [2.45, 2.75) is 38.8 Å². The number of piperidine rings is 1. The van der Waals surface area contributed by atoms with Crippen molar-refractivity contribution in [3.8, 4) is 0 Å². The average Bonchev–Trinajstić information content (AvgIpc) is 2.47. The number of hydrogen-bond donors (Lipinski definition) is 1. The first-order valence-corrected chi connectivity index (χ1v) is 7.45. The molecule has 1 N–H and O–H groups in total. The Morgan fingerprint density at radius 2 is 1.85 bits per heavy atom. The first-order chi connectivity index (χ1) is 9.72. The summed E-state index contributed by atoms with van der Waals surface area (Å²) in [5.41, 5.74) is 1.94. The van der Waals surface area contributed by atoms with E-state index in [1.807, 2.05) is 30.5 Å². The van der Waals surface area contributed by atoms with Gasteiger partial charge in [-0.05, 0) is 25.0 Å². The van der Waals surface area contributed by atoms with Crippen LogP contribution in [0.5, 0.6) is 0 Å². The summed E-state index contributed by atoms with van der Waals surface area (Å²) in [4.78, 5) is 11.6. The van der Waals surface area contributed by atoms with E-state index in [9.17, 15) is 0 Å². The van der Waals surface area contributed by atoms with Crippen LogP contribution in [0, 0.1) is 0 Å². The molecule has 0 bridgehead atoms. The minimum atomic E-state index is 0.562. The van der Waals surface area contributed by atoms with E-state index in [1.165, 1.54) is 12.8 Å². The van der Waals surface area contributed by atoms with Gasteiger partial charge in [-0.15, -0.1) is 0 Å². The normalized spacial score (nSPS) is 17.1. The van der Waals surface area contributed by atoms with E-state index in [2.05, 4.69) is 29.0 Å². The zero-order valence-electron chi connectivity index (χ0n) is 12.2. The summed E-state index contributed by atoms with van der Waals surface area (Å²) >= 11 is 0. The molecule has 20 heavy (non-hydrogen) atoms. The predicted octanol–water partition coefficient (Wildman–Crippen LogP) is 2.60. The lowest BCUT2D eigenvalue weighted by Gasteiger charge is -2.34. The lowest BCUT2D eigenvalue weighted by Crippen LogP contribution is -2.45. The number of para-hydroxylation sites is 2. The lowest BCUT2D eigenvalue weighted by molar-refractivity contribution is 0.386. The highest BCUT2D eigenvalue weighted by Gasteiger charge is 2.20. The number of rotatable bonds is 3. The molecule has 1 saturated heterocycles. The molecule has 1 aliphatic rings. The lowest BCUT2D eigenvalue weighted by atomic mass is 10.0. The van der Waals surface area contributed by atoms with Crippen molar-refractivity contribution in [3.63, 3.8) is 0 Å². The van der Waals surface area contributed by atoms with E-state index in [1.54, 1.807) is 0 Å². The van der Waals surface area contributed by atoms with Gasteiger partial charge >= 0.3 is 0 Å². The topological polar surface area (TPSA) is 41.0 Å². The van der Waals surface area contributed by atoms with Gasteiger partial charge in [-0.1, -0.05) is 26.0 Å². The van der Waals surface area contributed by atoms with Crippen LogP contribution in [0.25, 0.3) is 11.0 Å². The Bertz CT molecular complexity index is 573. The van der Waals surface area contributed by atoms with E-state index in [-0.39, 0.29) is 0 Å². The maximum atomic E-state index is 4.73.